The highest BCUT2D eigenvalue weighted by Crippen LogP contribution is 2.27. The summed E-state index contributed by atoms with van der Waals surface area (Å²) in [5.41, 5.74) is 5.35. The second kappa shape index (κ2) is 9.62. The van der Waals surface area contributed by atoms with E-state index in [1.807, 2.05) is 0 Å². The monoisotopic (exact) mass is 338 g/mol. The van der Waals surface area contributed by atoms with Gasteiger partial charge < -0.3 is 5.32 Å². The van der Waals surface area contributed by atoms with Gasteiger partial charge in [-0.2, -0.15) is 0 Å². The molecule has 25 heavy (non-hydrogen) atoms. The molecule has 1 N–H and O–H groups in total. The van der Waals surface area contributed by atoms with Gasteiger partial charge in [-0.15, -0.1) is 0 Å². The van der Waals surface area contributed by atoms with Crippen LogP contribution < -0.4 is 5.32 Å². The molecule has 2 aromatic rings. The van der Waals surface area contributed by atoms with E-state index in [9.17, 15) is 0 Å². The van der Waals surface area contributed by atoms with Crippen molar-refractivity contribution in [3.8, 4) is 0 Å². The molecule has 0 saturated carbocycles. The van der Waals surface area contributed by atoms with Crippen molar-refractivity contribution in [2.45, 2.75) is 66.1 Å². The van der Waals surface area contributed by atoms with Crippen LogP contribution in [0, 0.1) is 6.92 Å². The minimum atomic E-state index is 0.403. The van der Waals surface area contributed by atoms with Crippen LogP contribution >= 0.6 is 0 Å². The first-order chi connectivity index (χ1) is 12.0. The molecule has 0 bridgehead atoms. The van der Waals surface area contributed by atoms with Gasteiger partial charge >= 0.3 is 0 Å². The van der Waals surface area contributed by atoms with E-state index in [1.54, 1.807) is 0 Å². The number of hydrogen-bond donors (Lipinski definition) is 1. The average Bonchev–Trinajstić information content (AvgIpc) is 2.60. The second-order valence-corrected chi connectivity index (χ2v) is 7.36. The maximum Gasteiger partial charge on any atom is 0.0375 e. The summed E-state index contributed by atoms with van der Waals surface area (Å²) in [6.45, 7) is 13.3. The molecule has 0 aromatic heterocycles. The molecule has 0 spiro atoms. The van der Waals surface area contributed by atoms with Gasteiger partial charge in [0.15, 0.2) is 0 Å². The van der Waals surface area contributed by atoms with E-state index in [0.717, 1.165) is 13.1 Å². The summed E-state index contributed by atoms with van der Waals surface area (Å²) in [6.07, 6.45) is 2.46. The van der Waals surface area contributed by atoms with E-state index in [-0.39, 0.29) is 0 Å². The zero-order valence-corrected chi connectivity index (χ0v) is 16.5. The molecule has 0 saturated heterocycles. The lowest BCUT2D eigenvalue weighted by atomic mass is 10.0. The van der Waals surface area contributed by atoms with Crippen molar-refractivity contribution in [3.05, 3.63) is 65.2 Å². The van der Waals surface area contributed by atoms with Gasteiger partial charge in [0.25, 0.3) is 0 Å². The Morgan fingerprint density at radius 1 is 1.00 bits per heavy atom. The summed E-state index contributed by atoms with van der Waals surface area (Å²) in [6, 6.07) is 18.5. The van der Waals surface area contributed by atoms with E-state index in [2.05, 4.69) is 93.4 Å². The van der Waals surface area contributed by atoms with Crippen molar-refractivity contribution in [2.75, 3.05) is 11.9 Å². The summed E-state index contributed by atoms with van der Waals surface area (Å²) in [7, 11) is 0. The molecule has 0 aliphatic heterocycles. The lowest BCUT2D eigenvalue weighted by molar-refractivity contribution is 0.198. The van der Waals surface area contributed by atoms with Gasteiger partial charge in [0.05, 0.1) is 0 Å². The van der Waals surface area contributed by atoms with E-state index in [0.29, 0.717) is 12.1 Å². The minimum Gasteiger partial charge on any atom is -0.383 e. The van der Waals surface area contributed by atoms with Crippen LogP contribution in [0.5, 0.6) is 0 Å². The molecule has 0 unspecified atom stereocenters. The van der Waals surface area contributed by atoms with E-state index in [1.165, 1.54) is 35.2 Å². The Morgan fingerprint density at radius 3 is 2.36 bits per heavy atom. The SMILES string of the molecule is CCCCN(Cc1ccccc1)[C@@H](C)c1ccc(C)c(NC(C)C)c1. The molecule has 1 atom stereocenters. The lowest BCUT2D eigenvalue weighted by Gasteiger charge is -2.30. The summed E-state index contributed by atoms with van der Waals surface area (Å²) >= 11 is 0. The Morgan fingerprint density at radius 2 is 1.72 bits per heavy atom. The molecule has 0 amide bonds. The maximum absolute atomic E-state index is 3.58. The Balaban J connectivity index is 2.21. The van der Waals surface area contributed by atoms with Crippen LogP contribution in [-0.4, -0.2) is 17.5 Å². The van der Waals surface area contributed by atoms with Crippen LogP contribution in [0.4, 0.5) is 5.69 Å². The predicted molar refractivity (Wildman–Crippen MR) is 110 cm³/mol. The highest BCUT2D eigenvalue weighted by Gasteiger charge is 2.17. The summed E-state index contributed by atoms with van der Waals surface area (Å²) in [5.74, 6) is 0. The number of hydrogen-bond acceptors (Lipinski definition) is 2. The quantitative estimate of drug-likeness (QED) is 0.587. The molecule has 0 heterocycles. The fourth-order valence-corrected chi connectivity index (χ4v) is 3.17. The van der Waals surface area contributed by atoms with E-state index >= 15 is 0 Å². The Bertz CT molecular complexity index is 634. The first-order valence-corrected chi connectivity index (χ1v) is 9.66. The number of nitrogens with one attached hydrogen (secondary N) is 1. The fourth-order valence-electron chi connectivity index (χ4n) is 3.17. The van der Waals surface area contributed by atoms with E-state index in [4.69, 9.17) is 0 Å². The molecule has 0 aliphatic rings. The second-order valence-electron chi connectivity index (χ2n) is 7.36. The molecule has 136 valence electrons. The largest absolute Gasteiger partial charge is 0.383 e. The van der Waals surface area contributed by atoms with Gasteiger partial charge in [0.2, 0.25) is 0 Å². The lowest BCUT2D eigenvalue weighted by Crippen LogP contribution is -2.28. The molecular formula is C23H34N2. The third kappa shape index (κ3) is 5.89. The van der Waals surface area contributed by atoms with Crippen molar-refractivity contribution in [2.24, 2.45) is 0 Å². The van der Waals surface area contributed by atoms with Crippen LogP contribution in [0.2, 0.25) is 0 Å². The highest BCUT2D eigenvalue weighted by molar-refractivity contribution is 5.53. The predicted octanol–water partition coefficient (Wildman–Crippen LogP) is 6.18. The van der Waals surface area contributed by atoms with Crippen molar-refractivity contribution in [1.82, 2.24) is 4.90 Å². The van der Waals surface area contributed by atoms with Gasteiger partial charge in [-0.25, -0.2) is 0 Å². The maximum atomic E-state index is 3.58. The van der Waals surface area contributed by atoms with Gasteiger partial charge in [-0.1, -0.05) is 55.8 Å². The Hall–Kier alpha value is -1.80. The minimum absolute atomic E-state index is 0.403. The molecule has 0 aliphatic carbocycles. The zero-order valence-electron chi connectivity index (χ0n) is 16.5. The van der Waals surface area contributed by atoms with Crippen LogP contribution in [0.3, 0.4) is 0 Å². The van der Waals surface area contributed by atoms with Gasteiger partial charge in [0, 0.05) is 24.3 Å². The number of rotatable bonds is 9. The molecule has 2 aromatic carbocycles. The molecule has 0 radical (unpaired) electrons. The van der Waals surface area contributed by atoms with Gasteiger partial charge in [-0.3, -0.25) is 4.90 Å². The van der Waals surface area contributed by atoms with Crippen molar-refractivity contribution in [1.29, 1.82) is 0 Å². The van der Waals surface area contributed by atoms with Gasteiger partial charge in [-0.05, 0) is 63.4 Å². The Kier molecular flexibility index (Phi) is 7.52. The number of aryl methyl sites for hydroxylation is 1. The number of nitrogens with zero attached hydrogens (tertiary/aromatic N) is 1. The Labute approximate surface area is 154 Å². The van der Waals surface area contributed by atoms with Crippen molar-refractivity contribution in [3.63, 3.8) is 0 Å². The van der Waals surface area contributed by atoms with Gasteiger partial charge in [0.1, 0.15) is 0 Å². The first kappa shape index (κ1) is 19.5. The standard InChI is InChI=1S/C23H34N2/c1-6-7-15-25(17-21-11-9-8-10-12-21)20(5)22-14-13-19(4)23(16-22)24-18(2)3/h8-14,16,18,20,24H,6-7,15,17H2,1-5H3/t20-/m0/s1. The molecule has 2 nitrogen and oxygen atoms in total. The number of benzene rings is 2. The normalized spacial score (nSPS) is 12.6. The third-order valence-corrected chi connectivity index (χ3v) is 4.76. The summed E-state index contributed by atoms with van der Waals surface area (Å²) in [4.78, 5) is 2.60. The summed E-state index contributed by atoms with van der Waals surface area (Å²) < 4.78 is 0. The average molecular weight is 339 g/mol. The molecule has 2 rings (SSSR count). The fraction of sp³-hybridized carbons (Fsp3) is 0.478. The third-order valence-electron chi connectivity index (χ3n) is 4.76. The molecule has 2 heteroatoms. The van der Waals surface area contributed by atoms with Crippen LogP contribution in [0.25, 0.3) is 0 Å². The number of anilines is 1. The molecular weight excluding hydrogens is 304 g/mol. The smallest absolute Gasteiger partial charge is 0.0375 e. The topological polar surface area (TPSA) is 15.3 Å². The van der Waals surface area contributed by atoms with Crippen molar-refractivity contribution >= 4 is 5.69 Å². The van der Waals surface area contributed by atoms with Crippen LogP contribution in [0.1, 0.15) is 63.3 Å². The number of unbranched alkanes of at least 4 members (excludes halogenated alkanes) is 1. The van der Waals surface area contributed by atoms with Crippen LogP contribution in [0.15, 0.2) is 48.5 Å². The van der Waals surface area contributed by atoms with Crippen LogP contribution in [-0.2, 0) is 6.54 Å². The molecule has 0 fully saturated rings. The van der Waals surface area contributed by atoms with E-state index < -0.39 is 0 Å². The highest BCUT2D eigenvalue weighted by atomic mass is 15.1. The zero-order chi connectivity index (χ0) is 18.2. The summed E-state index contributed by atoms with van der Waals surface area (Å²) in [5, 5.41) is 3.58. The van der Waals surface area contributed by atoms with Crippen molar-refractivity contribution < 1.29 is 0 Å². The first-order valence-electron chi connectivity index (χ1n) is 9.66.